The van der Waals surface area contributed by atoms with Crippen LogP contribution in [0.25, 0.3) is 0 Å². The van der Waals surface area contributed by atoms with Crippen molar-refractivity contribution in [3.05, 3.63) is 40.1 Å². The lowest BCUT2D eigenvalue weighted by molar-refractivity contribution is 0.356. The number of rotatable bonds is 3. The van der Waals surface area contributed by atoms with Crippen LogP contribution < -0.4 is 5.32 Å². The first-order chi connectivity index (χ1) is 10.1. The molecule has 0 unspecified atom stereocenters. The second kappa shape index (κ2) is 6.29. The fourth-order valence-corrected chi connectivity index (χ4v) is 3.30. The van der Waals surface area contributed by atoms with E-state index in [2.05, 4.69) is 21.1 Å². The van der Waals surface area contributed by atoms with Crippen molar-refractivity contribution in [3.8, 4) is 0 Å². The normalized spacial score (nSPS) is 16.1. The predicted octanol–water partition coefficient (Wildman–Crippen LogP) is 5.75. The summed E-state index contributed by atoms with van der Waals surface area (Å²) in [6.07, 6.45) is 8.48. The molecule has 3 nitrogen and oxygen atoms in total. The molecule has 1 heterocycles. The number of nitrogens with one attached hydrogen (secondary N) is 1. The fraction of sp³-hybridized carbons (Fsp3) is 0.438. The second-order valence-electron chi connectivity index (χ2n) is 5.65. The molecule has 0 radical (unpaired) electrons. The molecule has 3 rings (SSSR count). The number of nitrogens with zero attached hydrogens (tertiary/aromatic N) is 2. The Bertz CT molecular complexity index is 630. The molecule has 0 aliphatic heterocycles. The Kier molecular flexibility index (Phi) is 4.41. The van der Waals surface area contributed by atoms with Crippen molar-refractivity contribution in [1.82, 2.24) is 9.55 Å². The van der Waals surface area contributed by atoms with E-state index in [1.54, 1.807) is 12.1 Å². The highest BCUT2D eigenvalue weighted by Gasteiger charge is 2.19. The van der Waals surface area contributed by atoms with Gasteiger partial charge in [-0.05, 0) is 38.0 Å². The number of hydrogen-bond donors (Lipinski definition) is 1. The largest absolute Gasteiger partial charge is 0.324 e. The predicted molar refractivity (Wildman–Crippen MR) is 88.8 cm³/mol. The highest BCUT2D eigenvalue weighted by atomic mass is 35.5. The monoisotopic (exact) mass is 323 g/mol. The lowest BCUT2D eigenvalue weighted by atomic mass is 9.95. The number of imidazole rings is 1. The summed E-state index contributed by atoms with van der Waals surface area (Å²) < 4.78 is 2.26. The molecule has 0 saturated heterocycles. The molecule has 0 atom stereocenters. The van der Waals surface area contributed by atoms with Gasteiger partial charge in [-0.2, -0.15) is 0 Å². The number of halogens is 2. The van der Waals surface area contributed by atoms with E-state index in [9.17, 15) is 0 Å². The van der Waals surface area contributed by atoms with E-state index in [0.717, 1.165) is 17.3 Å². The van der Waals surface area contributed by atoms with Crippen molar-refractivity contribution in [2.45, 2.75) is 45.1 Å². The van der Waals surface area contributed by atoms with Crippen LogP contribution in [0.4, 0.5) is 11.6 Å². The maximum atomic E-state index is 6.23. The van der Waals surface area contributed by atoms with Gasteiger partial charge in [-0.25, -0.2) is 4.98 Å². The summed E-state index contributed by atoms with van der Waals surface area (Å²) in [6.45, 7) is 2.02. The number of anilines is 2. The lowest BCUT2D eigenvalue weighted by Crippen LogP contribution is -2.14. The number of aryl methyl sites for hydroxylation is 1. The standard InChI is InChI=1S/C16H19Cl2N3/c1-11-10-21(13-5-3-2-4-6-13)16(19-11)20-15-9-12(17)7-8-14(15)18/h7-10,13H,2-6H2,1H3,(H,19,20). The van der Waals surface area contributed by atoms with Crippen LogP contribution in [-0.2, 0) is 0 Å². The Hall–Kier alpha value is -1.19. The van der Waals surface area contributed by atoms with Gasteiger partial charge in [-0.3, -0.25) is 0 Å². The van der Waals surface area contributed by atoms with Gasteiger partial charge in [-0.15, -0.1) is 0 Å². The first-order valence-corrected chi connectivity index (χ1v) is 8.16. The van der Waals surface area contributed by atoms with E-state index < -0.39 is 0 Å². The van der Waals surface area contributed by atoms with Crippen LogP contribution in [0.5, 0.6) is 0 Å². The summed E-state index contributed by atoms with van der Waals surface area (Å²) in [6, 6.07) is 5.94. The summed E-state index contributed by atoms with van der Waals surface area (Å²) in [5.74, 6) is 0.851. The van der Waals surface area contributed by atoms with Crippen molar-refractivity contribution in [2.75, 3.05) is 5.32 Å². The molecule has 0 bridgehead atoms. The van der Waals surface area contributed by atoms with Gasteiger partial charge in [0.05, 0.1) is 16.4 Å². The van der Waals surface area contributed by atoms with Crippen LogP contribution in [0.15, 0.2) is 24.4 Å². The van der Waals surface area contributed by atoms with Gasteiger partial charge in [0.15, 0.2) is 0 Å². The van der Waals surface area contributed by atoms with Crippen LogP contribution in [-0.4, -0.2) is 9.55 Å². The smallest absolute Gasteiger partial charge is 0.207 e. The fourth-order valence-electron chi connectivity index (χ4n) is 2.96. The van der Waals surface area contributed by atoms with Gasteiger partial charge >= 0.3 is 0 Å². The van der Waals surface area contributed by atoms with Crippen molar-refractivity contribution < 1.29 is 0 Å². The van der Waals surface area contributed by atoms with Crippen LogP contribution >= 0.6 is 23.2 Å². The Labute approximate surface area is 135 Å². The number of benzene rings is 1. The zero-order valence-electron chi connectivity index (χ0n) is 12.1. The van der Waals surface area contributed by atoms with Gasteiger partial charge in [0, 0.05) is 17.3 Å². The molecule has 1 fully saturated rings. The van der Waals surface area contributed by atoms with Crippen LogP contribution in [0.2, 0.25) is 10.0 Å². The van der Waals surface area contributed by atoms with Gasteiger partial charge in [-0.1, -0.05) is 42.5 Å². The molecule has 0 amide bonds. The minimum atomic E-state index is 0.528. The molecular weight excluding hydrogens is 305 g/mol. The average Bonchev–Trinajstić information content (AvgIpc) is 2.85. The third-order valence-electron chi connectivity index (χ3n) is 4.00. The molecule has 21 heavy (non-hydrogen) atoms. The Balaban J connectivity index is 1.89. The summed E-state index contributed by atoms with van der Waals surface area (Å²) >= 11 is 12.3. The molecule has 1 aromatic carbocycles. The molecule has 5 heteroatoms. The number of hydrogen-bond acceptors (Lipinski definition) is 2. The van der Waals surface area contributed by atoms with E-state index in [-0.39, 0.29) is 0 Å². The van der Waals surface area contributed by atoms with Crippen LogP contribution in [0, 0.1) is 6.92 Å². The Morgan fingerprint density at radius 1 is 1.19 bits per heavy atom. The van der Waals surface area contributed by atoms with E-state index in [1.165, 1.54) is 32.1 Å². The molecule has 1 N–H and O–H groups in total. The van der Waals surface area contributed by atoms with E-state index in [1.807, 2.05) is 13.0 Å². The quantitative estimate of drug-likeness (QED) is 0.779. The van der Waals surface area contributed by atoms with Crippen LogP contribution in [0.3, 0.4) is 0 Å². The molecular formula is C16H19Cl2N3. The van der Waals surface area contributed by atoms with E-state index in [0.29, 0.717) is 16.1 Å². The average molecular weight is 324 g/mol. The second-order valence-corrected chi connectivity index (χ2v) is 6.50. The van der Waals surface area contributed by atoms with Gasteiger partial charge < -0.3 is 9.88 Å². The zero-order valence-corrected chi connectivity index (χ0v) is 13.6. The van der Waals surface area contributed by atoms with Crippen molar-refractivity contribution >= 4 is 34.8 Å². The molecule has 0 spiro atoms. The first kappa shape index (κ1) is 14.7. The third-order valence-corrected chi connectivity index (χ3v) is 4.56. The molecule has 1 aliphatic carbocycles. The SMILES string of the molecule is Cc1cn(C2CCCCC2)c(Nc2cc(Cl)ccc2Cl)n1. The van der Waals surface area contributed by atoms with Crippen molar-refractivity contribution in [2.24, 2.45) is 0 Å². The Morgan fingerprint density at radius 3 is 2.71 bits per heavy atom. The van der Waals surface area contributed by atoms with Crippen molar-refractivity contribution in [1.29, 1.82) is 0 Å². The number of aromatic nitrogens is 2. The summed E-state index contributed by atoms with van der Waals surface area (Å²) in [7, 11) is 0. The zero-order chi connectivity index (χ0) is 14.8. The maximum absolute atomic E-state index is 6.23. The molecule has 1 aliphatic rings. The summed E-state index contributed by atoms with van der Waals surface area (Å²) in [4.78, 5) is 4.60. The minimum absolute atomic E-state index is 0.528. The molecule has 2 aromatic rings. The minimum Gasteiger partial charge on any atom is -0.324 e. The highest BCUT2D eigenvalue weighted by molar-refractivity contribution is 6.35. The molecule has 1 saturated carbocycles. The van der Waals surface area contributed by atoms with Crippen molar-refractivity contribution in [3.63, 3.8) is 0 Å². The Morgan fingerprint density at radius 2 is 1.95 bits per heavy atom. The highest BCUT2D eigenvalue weighted by Crippen LogP contribution is 2.33. The van der Waals surface area contributed by atoms with E-state index >= 15 is 0 Å². The maximum Gasteiger partial charge on any atom is 0.207 e. The third kappa shape index (κ3) is 3.35. The molecule has 112 valence electrons. The topological polar surface area (TPSA) is 29.9 Å². The summed E-state index contributed by atoms with van der Waals surface area (Å²) in [5.41, 5.74) is 1.81. The van der Waals surface area contributed by atoms with Gasteiger partial charge in [0.25, 0.3) is 0 Å². The first-order valence-electron chi connectivity index (χ1n) is 7.41. The molecule has 1 aromatic heterocycles. The van der Waals surface area contributed by atoms with Crippen LogP contribution in [0.1, 0.15) is 43.8 Å². The van der Waals surface area contributed by atoms with Gasteiger partial charge in [0.1, 0.15) is 0 Å². The summed E-state index contributed by atoms with van der Waals surface area (Å²) in [5, 5.41) is 4.65. The van der Waals surface area contributed by atoms with E-state index in [4.69, 9.17) is 23.2 Å². The lowest BCUT2D eigenvalue weighted by Gasteiger charge is -2.25. The van der Waals surface area contributed by atoms with Gasteiger partial charge in [0.2, 0.25) is 5.95 Å².